The SMILES string of the molecule is C#CCN(CC(=O)O)CC(=O)Nc1ccc(Br)cc1. The number of amides is 1. The molecule has 0 aromatic heterocycles. The first-order valence-corrected chi connectivity index (χ1v) is 6.23. The number of anilines is 1. The van der Waals surface area contributed by atoms with Gasteiger partial charge >= 0.3 is 5.97 Å². The molecule has 0 aliphatic carbocycles. The minimum absolute atomic E-state index is 0.0629. The van der Waals surface area contributed by atoms with Gasteiger partial charge in [0.1, 0.15) is 0 Å². The van der Waals surface area contributed by atoms with Gasteiger partial charge in [0.25, 0.3) is 0 Å². The van der Waals surface area contributed by atoms with Crippen LogP contribution >= 0.6 is 15.9 Å². The van der Waals surface area contributed by atoms with Gasteiger partial charge in [0.05, 0.1) is 19.6 Å². The van der Waals surface area contributed by atoms with Gasteiger partial charge in [-0.05, 0) is 24.3 Å². The van der Waals surface area contributed by atoms with Crippen molar-refractivity contribution in [2.75, 3.05) is 25.0 Å². The molecule has 0 heterocycles. The normalized spacial score (nSPS) is 9.95. The van der Waals surface area contributed by atoms with Crippen molar-refractivity contribution in [3.63, 3.8) is 0 Å². The first-order chi connectivity index (χ1) is 9.01. The molecule has 1 amide bonds. The van der Waals surface area contributed by atoms with E-state index in [-0.39, 0.29) is 25.5 Å². The van der Waals surface area contributed by atoms with Gasteiger partial charge < -0.3 is 10.4 Å². The molecule has 0 aliphatic rings. The van der Waals surface area contributed by atoms with Crippen molar-refractivity contribution in [3.8, 4) is 12.3 Å². The second kappa shape index (κ2) is 7.56. The number of carboxylic acids is 1. The summed E-state index contributed by atoms with van der Waals surface area (Å²) in [6.07, 6.45) is 5.13. The van der Waals surface area contributed by atoms with E-state index in [1.807, 2.05) is 0 Å². The van der Waals surface area contributed by atoms with Crippen LogP contribution in [0, 0.1) is 12.3 Å². The fourth-order valence-corrected chi connectivity index (χ4v) is 1.69. The largest absolute Gasteiger partial charge is 0.480 e. The van der Waals surface area contributed by atoms with Crippen LogP contribution in [0.25, 0.3) is 0 Å². The zero-order valence-corrected chi connectivity index (χ0v) is 11.7. The number of carbonyl (C=O) groups excluding carboxylic acids is 1. The summed E-state index contributed by atoms with van der Waals surface area (Å²) < 4.78 is 0.908. The van der Waals surface area contributed by atoms with E-state index < -0.39 is 5.97 Å². The van der Waals surface area contributed by atoms with Crippen LogP contribution in [0.5, 0.6) is 0 Å². The van der Waals surface area contributed by atoms with E-state index in [0.717, 1.165) is 4.47 Å². The fourth-order valence-electron chi connectivity index (χ4n) is 1.42. The van der Waals surface area contributed by atoms with Gasteiger partial charge in [-0.25, -0.2) is 0 Å². The van der Waals surface area contributed by atoms with Crippen LogP contribution in [0.15, 0.2) is 28.7 Å². The number of benzene rings is 1. The lowest BCUT2D eigenvalue weighted by molar-refractivity contribution is -0.138. The van der Waals surface area contributed by atoms with Gasteiger partial charge in [-0.2, -0.15) is 0 Å². The minimum atomic E-state index is -1.02. The van der Waals surface area contributed by atoms with Crippen LogP contribution in [0.2, 0.25) is 0 Å². The van der Waals surface area contributed by atoms with E-state index in [1.165, 1.54) is 4.90 Å². The Balaban J connectivity index is 2.55. The molecule has 5 nitrogen and oxygen atoms in total. The molecule has 0 radical (unpaired) electrons. The van der Waals surface area contributed by atoms with Gasteiger partial charge in [-0.3, -0.25) is 14.5 Å². The van der Waals surface area contributed by atoms with Crippen molar-refractivity contribution >= 4 is 33.5 Å². The van der Waals surface area contributed by atoms with Crippen molar-refractivity contribution in [2.24, 2.45) is 0 Å². The predicted molar refractivity (Wildman–Crippen MR) is 75.7 cm³/mol. The number of nitrogens with one attached hydrogen (secondary N) is 1. The molecule has 0 bridgehead atoms. The molecule has 0 aliphatic heterocycles. The van der Waals surface area contributed by atoms with Crippen molar-refractivity contribution in [1.29, 1.82) is 0 Å². The Hall–Kier alpha value is -1.84. The molecular formula is C13H13BrN2O3. The zero-order chi connectivity index (χ0) is 14.3. The molecule has 0 unspecified atom stereocenters. The van der Waals surface area contributed by atoms with E-state index in [0.29, 0.717) is 5.69 Å². The summed E-state index contributed by atoms with van der Waals surface area (Å²) in [5, 5.41) is 11.4. The van der Waals surface area contributed by atoms with Crippen molar-refractivity contribution in [2.45, 2.75) is 0 Å². The number of aliphatic carboxylic acids is 1. The molecule has 1 aromatic rings. The third kappa shape index (κ3) is 6.04. The molecule has 0 atom stereocenters. The molecule has 0 spiro atoms. The lowest BCUT2D eigenvalue weighted by atomic mass is 10.3. The number of hydrogen-bond donors (Lipinski definition) is 2. The second-order valence-electron chi connectivity index (χ2n) is 3.80. The smallest absolute Gasteiger partial charge is 0.317 e. The lowest BCUT2D eigenvalue weighted by Crippen LogP contribution is -2.37. The van der Waals surface area contributed by atoms with E-state index in [1.54, 1.807) is 24.3 Å². The van der Waals surface area contributed by atoms with Gasteiger partial charge in [0, 0.05) is 10.2 Å². The van der Waals surface area contributed by atoms with Crippen LogP contribution in [-0.2, 0) is 9.59 Å². The first kappa shape index (κ1) is 15.2. The van der Waals surface area contributed by atoms with Crippen LogP contribution in [0.4, 0.5) is 5.69 Å². The average molecular weight is 325 g/mol. The average Bonchev–Trinajstić information content (AvgIpc) is 2.31. The maximum Gasteiger partial charge on any atom is 0.317 e. The highest BCUT2D eigenvalue weighted by Crippen LogP contribution is 2.13. The molecular weight excluding hydrogens is 312 g/mol. The summed E-state index contributed by atoms with van der Waals surface area (Å²) in [4.78, 5) is 23.7. The number of carbonyl (C=O) groups is 2. The molecule has 100 valence electrons. The molecule has 1 aromatic carbocycles. The van der Waals surface area contributed by atoms with Crippen LogP contribution < -0.4 is 5.32 Å². The maximum atomic E-state index is 11.7. The second-order valence-corrected chi connectivity index (χ2v) is 4.71. The van der Waals surface area contributed by atoms with Crippen molar-refractivity contribution in [1.82, 2.24) is 4.90 Å². The summed E-state index contributed by atoms with van der Waals surface area (Å²) >= 11 is 3.29. The number of halogens is 1. The summed E-state index contributed by atoms with van der Waals surface area (Å²) in [5.74, 6) is 0.998. The van der Waals surface area contributed by atoms with E-state index in [4.69, 9.17) is 11.5 Å². The predicted octanol–water partition coefficient (Wildman–Crippen LogP) is 1.41. The Morgan fingerprint density at radius 1 is 1.32 bits per heavy atom. The Bertz CT molecular complexity index is 494. The molecule has 6 heteroatoms. The number of carboxylic acid groups (broad SMARTS) is 1. The topological polar surface area (TPSA) is 69.6 Å². The molecule has 2 N–H and O–H groups in total. The van der Waals surface area contributed by atoms with Gasteiger partial charge in [0.2, 0.25) is 5.91 Å². The first-order valence-electron chi connectivity index (χ1n) is 5.44. The number of hydrogen-bond acceptors (Lipinski definition) is 3. The molecule has 0 saturated heterocycles. The summed E-state index contributed by atoms with van der Waals surface area (Å²) in [6.45, 7) is -0.218. The van der Waals surface area contributed by atoms with Crippen LogP contribution in [0.3, 0.4) is 0 Å². The standard InChI is InChI=1S/C13H13BrN2O3/c1-2-7-16(9-13(18)19)8-12(17)15-11-5-3-10(14)4-6-11/h1,3-6H,7-9H2,(H,15,17)(H,18,19). The summed E-state index contributed by atoms with van der Waals surface area (Å²) in [6, 6.07) is 7.08. The zero-order valence-electron chi connectivity index (χ0n) is 10.1. The third-order valence-corrected chi connectivity index (χ3v) is 2.70. The molecule has 0 fully saturated rings. The molecule has 19 heavy (non-hydrogen) atoms. The van der Waals surface area contributed by atoms with Crippen LogP contribution in [0.1, 0.15) is 0 Å². The Morgan fingerprint density at radius 2 is 1.95 bits per heavy atom. The maximum absolute atomic E-state index is 11.7. The summed E-state index contributed by atoms with van der Waals surface area (Å²) in [7, 11) is 0. The van der Waals surface area contributed by atoms with Gasteiger partial charge in [0.15, 0.2) is 0 Å². The van der Waals surface area contributed by atoms with E-state index >= 15 is 0 Å². The summed E-state index contributed by atoms with van der Waals surface area (Å²) in [5.41, 5.74) is 0.643. The molecule has 1 rings (SSSR count). The number of rotatable bonds is 6. The molecule has 0 saturated carbocycles. The van der Waals surface area contributed by atoms with Gasteiger partial charge in [-0.15, -0.1) is 6.42 Å². The highest BCUT2D eigenvalue weighted by atomic mass is 79.9. The fraction of sp³-hybridized carbons (Fsp3) is 0.231. The third-order valence-electron chi connectivity index (χ3n) is 2.17. The van der Waals surface area contributed by atoms with Gasteiger partial charge in [-0.1, -0.05) is 21.9 Å². The van der Waals surface area contributed by atoms with E-state index in [9.17, 15) is 9.59 Å². The Morgan fingerprint density at radius 3 is 2.47 bits per heavy atom. The van der Waals surface area contributed by atoms with Crippen molar-refractivity contribution in [3.05, 3.63) is 28.7 Å². The monoisotopic (exact) mass is 324 g/mol. The highest BCUT2D eigenvalue weighted by molar-refractivity contribution is 9.10. The van der Waals surface area contributed by atoms with Crippen molar-refractivity contribution < 1.29 is 14.7 Å². The number of terminal acetylenes is 1. The van der Waals surface area contributed by atoms with E-state index in [2.05, 4.69) is 27.2 Å². The Kier molecular flexibility index (Phi) is 6.06. The minimum Gasteiger partial charge on any atom is -0.480 e. The Labute approximate surface area is 119 Å². The number of nitrogens with zero attached hydrogens (tertiary/aromatic N) is 1. The highest BCUT2D eigenvalue weighted by Gasteiger charge is 2.13. The van der Waals surface area contributed by atoms with Crippen LogP contribution in [-0.4, -0.2) is 41.5 Å². The quantitative estimate of drug-likeness (QED) is 0.776. The lowest BCUT2D eigenvalue weighted by Gasteiger charge is -2.16.